The lowest BCUT2D eigenvalue weighted by Gasteiger charge is -2.41. The standard InChI is InChI=1S/C22H26FN3O3/c1-16-15-26(20-8-6-17(7-9-20)22(28)29-2)13-12-25(16)11-10-21(27)24-19-5-3-4-18(23)14-19/h3-9,14,16H,10-13,15H2,1-2H3,(H,24,27). The molecule has 1 aliphatic heterocycles. The zero-order chi connectivity index (χ0) is 20.8. The monoisotopic (exact) mass is 399 g/mol. The molecule has 1 aliphatic rings. The summed E-state index contributed by atoms with van der Waals surface area (Å²) in [6.07, 6.45) is 0.356. The number of amides is 1. The van der Waals surface area contributed by atoms with Crippen molar-refractivity contribution < 1.29 is 18.7 Å². The zero-order valence-corrected chi connectivity index (χ0v) is 16.7. The highest BCUT2D eigenvalue weighted by atomic mass is 19.1. The normalized spacial score (nSPS) is 17.1. The molecule has 0 aliphatic carbocycles. The number of nitrogens with one attached hydrogen (secondary N) is 1. The van der Waals surface area contributed by atoms with Gasteiger partial charge in [0.1, 0.15) is 5.82 Å². The van der Waals surface area contributed by atoms with E-state index in [4.69, 9.17) is 4.74 Å². The van der Waals surface area contributed by atoms with Crippen LogP contribution in [0.25, 0.3) is 0 Å². The number of anilines is 2. The number of hydrogen-bond donors (Lipinski definition) is 1. The summed E-state index contributed by atoms with van der Waals surface area (Å²) in [5, 5.41) is 2.74. The van der Waals surface area contributed by atoms with Gasteiger partial charge in [-0.15, -0.1) is 0 Å². The number of esters is 1. The Morgan fingerprint density at radius 2 is 1.93 bits per heavy atom. The van der Waals surface area contributed by atoms with Crippen molar-refractivity contribution in [2.75, 3.05) is 43.5 Å². The number of halogens is 1. The lowest BCUT2D eigenvalue weighted by atomic mass is 10.1. The second-order valence-corrected chi connectivity index (χ2v) is 7.18. The van der Waals surface area contributed by atoms with Crippen molar-refractivity contribution in [2.45, 2.75) is 19.4 Å². The van der Waals surface area contributed by atoms with Crippen LogP contribution in [0.5, 0.6) is 0 Å². The molecule has 2 aromatic carbocycles. The van der Waals surface area contributed by atoms with Crippen LogP contribution >= 0.6 is 0 Å². The molecule has 1 atom stereocenters. The summed E-state index contributed by atoms with van der Waals surface area (Å²) in [4.78, 5) is 28.3. The van der Waals surface area contributed by atoms with E-state index in [0.29, 0.717) is 24.2 Å². The van der Waals surface area contributed by atoms with Crippen LogP contribution in [-0.4, -0.2) is 56.1 Å². The molecule has 0 saturated carbocycles. The number of hydrogen-bond acceptors (Lipinski definition) is 5. The van der Waals surface area contributed by atoms with Crippen LogP contribution in [0.4, 0.5) is 15.8 Å². The average Bonchev–Trinajstić information content (AvgIpc) is 2.72. The summed E-state index contributed by atoms with van der Waals surface area (Å²) in [5.74, 6) is -0.831. The molecular weight excluding hydrogens is 373 g/mol. The van der Waals surface area contributed by atoms with E-state index < -0.39 is 0 Å². The van der Waals surface area contributed by atoms with Crippen molar-refractivity contribution in [3.63, 3.8) is 0 Å². The molecule has 1 heterocycles. The number of piperazine rings is 1. The van der Waals surface area contributed by atoms with E-state index in [1.165, 1.54) is 19.2 Å². The van der Waals surface area contributed by atoms with Crippen LogP contribution in [0.1, 0.15) is 23.7 Å². The second kappa shape index (κ2) is 9.52. The molecule has 1 amide bonds. The van der Waals surface area contributed by atoms with Gasteiger partial charge in [-0.3, -0.25) is 9.69 Å². The molecule has 7 heteroatoms. The summed E-state index contributed by atoms with van der Waals surface area (Å²) in [7, 11) is 1.37. The van der Waals surface area contributed by atoms with E-state index in [9.17, 15) is 14.0 Å². The Morgan fingerprint density at radius 1 is 1.17 bits per heavy atom. The fourth-order valence-corrected chi connectivity index (χ4v) is 3.52. The summed E-state index contributed by atoms with van der Waals surface area (Å²) in [5.41, 5.74) is 2.07. The Labute approximate surface area is 170 Å². The topological polar surface area (TPSA) is 61.9 Å². The Morgan fingerprint density at radius 3 is 2.59 bits per heavy atom. The largest absolute Gasteiger partial charge is 0.465 e. The lowest BCUT2D eigenvalue weighted by molar-refractivity contribution is -0.116. The first-order valence-electron chi connectivity index (χ1n) is 9.69. The van der Waals surface area contributed by atoms with Gasteiger partial charge in [-0.25, -0.2) is 9.18 Å². The molecule has 6 nitrogen and oxygen atoms in total. The van der Waals surface area contributed by atoms with Gasteiger partial charge in [0, 0.05) is 50.0 Å². The van der Waals surface area contributed by atoms with Crippen LogP contribution in [0.3, 0.4) is 0 Å². The van der Waals surface area contributed by atoms with Crippen LogP contribution < -0.4 is 10.2 Å². The Hall–Kier alpha value is -2.93. The smallest absolute Gasteiger partial charge is 0.337 e. The summed E-state index contributed by atoms with van der Waals surface area (Å²) in [6, 6.07) is 13.6. The molecule has 1 fully saturated rings. The molecule has 1 saturated heterocycles. The second-order valence-electron chi connectivity index (χ2n) is 7.18. The predicted molar refractivity (Wildman–Crippen MR) is 111 cm³/mol. The van der Waals surface area contributed by atoms with Crippen LogP contribution in [0.2, 0.25) is 0 Å². The van der Waals surface area contributed by atoms with E-state index in [0.717, 1.165) is 25.3 Å². The Balaban J connectivity index is 1.48. The highest BCUT2D eigenvalue weighted by Crippen LogP contribution is 2.20. The molecule has 0 spiro atoms. The number of benzene rings is 2. The Bertz CT molecular complexity index is 857. The minimum atomic E-state index is -0.368. The quantitative estimate of drug-likeness (QED) is 0.756. The third-order valence-corrected chi connectivity index (χ3v) is 5.15. The van der Waals surface area contributed by atoms with Gasteiger partial charge in [0.2, 0.25) is 5.91 Å². The van der Waals surface area contributed by atoms with E-state index in [1.54, 1.807) is 24.3 Å². The first-order chi connectivity index (χ1) is 14.0. The fourth-order valence-electron chi connectivity index (χ4n) is 3.52. The van der Waals surface area contributed by atoms with Crippen molar-refractivity contribution in [2.24, 2.45) is 0 Å². The highest BCUT2D eigenvalue weighted by molar-refractivity contribution is 5.91. The van der Waals surface area contributed by atoms with Gasteiger partial charge in [-0.2, -0.15) is 0 Å². The summed E-state index contributed by atoms with van der Waals surface area (Å²) in [6.45, 7) is 5.31. The predicted octanol–water partition coefficient (Wildman–Crippen LogP) is 3.15. The summed E-state index contributed by atoms with van der Waals surface area (Å²) >= 11 is 0. The average molecular weight is 399 g/mol. The van der Waals surface area contributed by atoms with Crippen molar-refractivity contribution in [3.05, 3.63) is 59.9 Å². The van der Waals surface area contributed by atoms with Crippen LogP contribution in [0.15, 0.2) is 48.5 Å². The van der Waals surface area contributed by atoms with Gasteiger partial charge in [-0.05, 0) is 49.4 Å². The highest BCUT2D eigenvalue weighted by Gasteiger charge is 2.24. The third kappa shape index (κ3) is 5.54. The number of methoxy groups -OCH3 is 1. The number of rotatable bonds is 6. The lowest BCUT2D eigenvalue weighted by Crippen LogP contribution is -2.52. The zero-order valence-electron chi connectivity index (χ0n) is 16.7. The van der Waals surface area contributed by atoms with E-state index >= 15 is 0 Å². The van der Waals surface area contributed by atoms with Crippen molar-refractivity contribution in [3.8, 4) is 0 Å². The Kier molecular flexibility index (Phi) is 6.82. The van der Waals surface area contributed by atoms with Gasteiger partial charge in [0.15, 0.2) is 0 Å². The fraction of sp³-hybridized carbons (Fsp3) is 0.364. The van der Waals surface area contributed by atoms with Crippen molar-refractivity contribution in [1.29, 1.82) is 0 Å². The number of carbonyl (C=O) groups is 2. The number of ether oxygens (including phenoxy) is 1. The SMILES string of the molecule is COC(=O)c1ccc(N2CCN(CCC(=O)Nc3cccc(F)c3)C(C)C2)cc1. The number of carbonyl (C=O) groups excluding carboxylic acids is 2. The van der Waals surface area contributed by atoms with E-state index in [2.05, 4.69) is 22.0 Å². The van der Waals surface area contributed by atoms with Crippen LogP contribution in [-0.2, 0) is 9.53 Å². The maximum Gasteiger partial charge on any atom is 0.337 e. The molecule has 0 radical (unpaired) electrons. The van der Waals surface area contributed by atoms with Gasteiger partial charge >= 0.3 is 5.97 Å². The molecule has 29 heavy (non-hydrogen) atoms. The first kappa shape index (κ1) is 20.8. The maximum absolute atomic E-state index is 13.2. The summed E-state index contributed by atoms with van der Waals surface area (Å²) < 4.78 is 17.9. The number of nitrogens with zero attached hydrogens (tertiary/aromatic N) is 2. The molecule has 154 valence electrons. The van der Waals surface area contributed by atoms with Gasteiger partial charge in [0.05, 0.1) is 12.7 Å². The first-order valence-corrected chi connectivity index (χ1v) is 9.69. The van der Waals surface area contributed by atoms with E-state index in [1.807, 2.05) is 12.1 Å². The molecule has 0 aromatic heterocycles. The minimum Gasteiger partial charge on any atom is -0.465 e. The molecule has 0 bridgehead atoms. The van der Waals surface area contributed by atoms with E-state index in [-0.39, 0.29) is 23.7 Å². The molecule has 3 rings (SSSR count). The third-order valence-electron chi connectivity index (χ3n) is 5.15. The molecule has 2 aromatic rings. The van der Waals surface area contributed by atoms with Gasteiger partial charge in [0.25, 0.3) is 0 Å². The van der Waals surface area contributed by atoms with Gasteiger partial charge < -0.3 is 15.0 Å². The molecule has 1 N–H and O–H groups in total. The molecule has 1 unspecified atom stereocenters. The maximum atomic E-state index is 13.2. The van der Waals surface area contributed by atoms with Crippen molar-refractivity contribution >= 4 is 23.3 Å². The van der Waals surface area contributed by atoms with Crippen LogP contribution in [0, 0.1) is 5.82 Å². The van der Waals surface area contributed by atoms with Crippen molar-refractivity contribution in [1.82, 2.24) is 4.90 Å². The molecular formula is C22H26FN3O3. The van der Waals surface area contributed by atoms with Gasteiger partial charge in [-0.1, -0.05) is 6.07 Å². The minimum absolute atomic E-state index is 0.122.